The second-order valence-corrected chi connectivity index (χ2v) is 4.13. The van der Waals surface area contributed by atoms with E-state index < -0.39 is 0 Å². The molecule has 1 heterocycles. The molecule has 92 valence electrons. The van der Waals surface area contributed by atoms with E-state index in [-0.39, 0.29) is 5.84 Å². The highest BCUT2D eigenvalue weighted by Crippen LogP contribution is 2.08. The van der Waals surface area contributed by atoms with Gasteiger partial charge < -0.3 is 21.0 Å². The van der Waals surface area contributed by atoms with Crippen molar-refractivity contribution in [1.82, 2.24) is 5.32 Å². The molecule has 1 fully saturated rings. The third-order valence-electron chi connectivity index (χ3n) is 2.86. The van der Waals surface area contributed by atoms with Gasteiger partial charge in [0.1, 0.15) is 0 Å². The molecule has 17 heavy (non-hydrogen) atoms. The van der Waals surface area contributed by atoms with Gasteiger partial charge in [-0.1, -0.05) is 23.4 Å². The SMILES string of the molecule is N/C(=N/O)c1cccc(CNC2CCOC2)c1. The predicted octanol–water partition coefficient (Wildman–Crippen LogP) is 0.660. The van der Waals surface area contributed by atoms with Crippen molar-refractivity contribution >= 4 is 5.84 Å². The molecule has 0 amide bonds. The molecule has 0 saturated carbocycles. The number of oxime groups is 1. The van der Waals surface area contributed by atoms with E-state index in [9.17, 15) is 0 Å². The van der Waals surface area contributed by atoms with Crippen LogP contribution in [0.4, 0.5) is 0 Å². The molecular weight excluding hydrogens is 218 g/mol. The van der Waals surface area contributed by atoms with Crippen LogP contribution >= 0.6 is 0 Å². The maximum Gasteiger partial charge on any atom is 0.170 e. The monoisotopic (exact) mass is 235 g/mol. The number of ether oxygens (including phenoxy) is 1. The lowest BCUT2D eigenvalue weighted by Gasteiger charge is -2.11. The van der Waals surface area contributed by atoms with E-state index in [1.54, 1.807) is 0 Å². The summed E-state index contributed by atoms with van der Waals surface area (Å²) in [5, 5.41) is 15.0. The van der Waals surface area contributed by atoms with Crippen LogP contribution in [0.1, 0.15) is 17.5 Å². The summed E-state index contributed by atoms with van der Waals surface area (Å²) in [7, 11) is 0. The van der Waals surface area contributed by atoms with E-state index in [1.165, 1.54) is 0 Å². The largest absolute Gasteiger partial charge is 0.409 e. The smallest absolute Gasteiger partial charge is 0.170 e. The van der Waals surface area contributed by atoms with Crippen molar-refractivity contribution < 1.29 is 9.94 Å². The van der Waals surface area contributed by atoms with Gasteiger partial charge in [0, 0.05) is 24.8 Å². The van der Waals surface area contributed by atoms with Gasteiger partial charge in [-0.25, -0.2) is 0 Å². The summed E-state index contributed by atoms with van der Waals surface area (Å²) in [4.78, 5) is 0. The normalized spacial score (nSPS) is 20.7. The zero-order valence-electron chi connectivity index (χ0n) is 9.60. The molecule has 0 bridgehead atoms. The second kappa shape index (κ2) is 5.65. The van der Waals surface area contributed by atoms with Gasteiger partial charge in [0.25, 0.3) is 0 Å². The quantitative estimate of drug-likeness (QED) is 0.310. The third-order valence-corrected chi connectivity index (χ3v) is 2.86. The van der Waals surface area contributed by atoms with Crippen molar-refractivity contribution in [3.05, 3.63) is 35.4 Å². The molecule has 1 atom stereocenters. The predicted molar refractivity (Wildman–Crippen MR) is 65.0 cm³/mol. The van der Waals surface area contributed by atoms with Gasteiger partial charge in [0.05, 0.1) is 6.61 Å². The van der Waals surface area contributed by atoms with E-state index >= 15 is 0 Å². The summed E-state index contributed by atoms with van der Waals surface area (Å²) in [6, 6.07) is 8.07. The van der Waals surface area contributed by atoms with Crippen molar-refractivity contribution in [3.8, 4) is 0 Å². The maximum absolute atomic E-state index is 8.61. The number of nitrogens with one attached hydrogen (secondary N) is 1. The van der Waals surface area contributed by atoms with Crippen molar-refractivity contribution in [1.29, 1.82) is 0 Å². The molecule has 4 N–H and O–H groups in total. The molecule has 1 aliphatic heterocycles. The lowest BCUT2D eigenvalue weighted by atomic mass is 10.1. The van der Waals surface area contributed by atoms with Gasteiger partial charge in [-0.2, -0.15) is 0 Å². The topological polar surface area (TPSA) is 79.9 Å². The molecule has 0 radical (unpaired) electrons. The number of hydrogen-bond donors (Lipinski definition) is 3. The van der Waals surface area contributed by atoms with Crippen LogP contribution in [0.5, 0.6) is 0 Å². The Balaban J connectivity index is 1.96. The summed E-state index contributed by atoms with van der Waals surface area (Å²) in [6.45, 7) is 2.38. The van der Waals surface area contributed by atoms with E-state index in [0.717, 1.165) is 37.3 Å². The Morgan fingerprint density at radius 2 is 2.47 bits per heavy atom. The first kappa shape index (κ1) is 11.9. The van der Waals surface area contributed by atoms with Gasteiger partial charge in [-0.05, 0) is 18.1 Å². The lowest BCUT2D eigenvalue weighted by molar-refractivity contribution is 0.190. The van der Waals surface area contributed by atoms with Crippen LogP contribution < -0.4 is 11.1 Å². The van der Waals surface area contributed by atoms with Crippen LogP contribution in [-0.4, -0.2) is 30.3 Å². The Morgan fingerprint density at radius 3 is 3.18 bits per heavy atom. The number of amidine groups is 1. The van der Waals surface area contributed by atoms with E-state index in [1.807, 2.05) is 24.3 Å². The average Bonchev–Trinajstić information content (AvgIpc) is 2.89. The Morgan fingerprint density at radius 1 is 1.59 bits per heavy atom. The summed E-state index contributed by atoms with van der Waals surface area (Å²) in [5.74, 6) is 0.135. The molecule has 2 rings (SSSR count). The zero-order chi connectivity index (χ0) is 12.1. The van der Waals surface area contributed by atoms with Crippen molar-refractivity contribution in [2.24, 2.45) is 10.9 Å². The Labute approximate surface area is 100 Å². The lowest BCUT2D eigenvalue weighted by Crippen LogP contribution is -2.28. The molecule has 5 heteroatoms. The van der Waals surface area contributed by atoms with Crippen LogP contribution in [0.2, 0.25) is 0 Å². The fraction of sp³-hybridized carbons (Fsp3) is 0.417. The summed E-state index contributed by atoms with van der Waals surface area (Å²) >= 11 is 0. The highest BCUT2D eigenvalue weighted by Gasteiger charge is 2.14. The minimum Gasteiger partial charge on any atom is -0.409 e. The summed E-state index contributed by atoms with van der Waals surface area (Å²) in [6.07, 6.45) is 1.06. The summed E-state index contributed by atoms with van der Waals surface area (Å²) in [5.41, 5.74) is 7.38. The first-order valence-electron chi connectivity index (χ1n) is 5.67. The van der Waals surface area contributed by atoms with Gasteiger partial charge in [0.15, 0.2) is 5.84 Å². The number of nitrogens with zero attached hydrogens (tertiary/aromatic N) is 1. The molecule has 5 nitrogen and oxygen atoms in total. The molecule has 1 aliphatic rings. The fourth-order valence-corrected chi connectivity index (χ4v) is 1.86. The van der Waals surface area contributed by atoms with Gasteiger partial charge >= 0.3 is 0 Å². The van der Waals surface area contributed by atoms with Gasteiger partial charge in [-0.3, -0.25) is 0 Å². The van der Waals surface area contributed by atoms with Crippen LogP contribution in [-0.2, 0) is 11.3 Å². The van der Waals surface area contributed by atoms with Crippen LogP contribution in [0.3, 0.4) is 0 Å². The van der Waals surface area contributed by atoms with E-state index in [4.69, 9.17) is 15.7 Å². The second-order valence-electron chi connectivity index (χ2n) is 4.13. The molecular formula is C12H17N3O2. The zero-order valence-corrected chi connectivity index (χ0v) is 9.60. The molecule has 1 aromatic carbocycles. The first-order valence-corrected chi connectivity index (χ1v) is 5.67. The average molecular weight is 235 g/mol. The van der Waals surface area contributed by atoms with E-state index in [2.05, 4.69) is 10.5 Å². The number of nitrogens with two attached hydrogens (primary N) is 1. The number of hydrogen-bond acceptors (Lipinski definition) is 4. The molecule has 0 aliphatic carbocycles. The van der Waals surface area contributed by atoms with Crippen molar-refractivity contribution in [3.63, 3.8) is 0 Å². The highest BCUT2D eigenvalue weighted by molar-refractivity contribution is 5.97. The Hall–Kier alpha value is -1.59. The highest BCUT2D eigenvalue weighted by atomic mass is 16.5. The maximum atomic E-state index is 8.61. The standard InChI is InChI=1S/C12H17N3O2/c13-12(15-16)10-3-1-2-9(6-10)7-14-11-4-5-17-8-11/h1-3,6,11,14,16H,4-5,7-8H2,(H2,13,15). The van der Waals surface area contributed by atoms with Crippen molar-refractivity contribution in [2.45, 2.75) is 19.0 Å². The Bertz CT molecular complexity index is 400. The molecule has 0 spiro atoms. The minimum absolute atomic E-state index is 0.135. The number of rotatable bonds is 4. The number of benzene rings is 1. The molecule has 1 saturated heterocycles. The minimum atomic E-state index is 0.135. The van der Waals surface area contributed by atoms with Crippen molar-refractivity contribution in [2.75, 3.05) is 13.2 Å². The third kappa shape index (κ3) is 3.18. The van der Waals surface area contributed by atoms with E-state index in [0.29, 0.717) is 6.04 Å². The molecule has 0 aromatic heterocycles. The van der Waals surface area contributed by atoms with Crippen LogP contribution in [0, 0.1) is 0 Å². The molecule has 1 unspecified atom stereocenters. The van der Waals surface area contributed by atoms with Gasteiger partial charge in [-0.15, -0.1) is 0 Å². The molecule has 1 aromatic rings. The first-order chi connectivity index (χ1) is 8.29. The van der Waals surface area contributed by atoms with Crippen LogP contribution in [0.25, 0.3) is 0 Å². The fourth-order valence-electron chi connectivity index (χ4n) is 1.86. The van der Waals surface area contributed by atoms with Gasteiger partial charge in [0.2, 0.25) is 0 Å². The Kier molecular flexibility index (Phi) is 3.95. The van der Waals surface area contributed by atoms with Crippen LogP contribution in [0.15, 0.2) is 29.4 Å². The summed E-state index contributed by atoms with van der Waals surface area (Å²) < 4.78 is 5.29.